The summed E-state index contributed by atoms with van der Waals surface area (Å²) in [5, 5.41) is 13.4. The summed E-state index contributed by atoms with van der Waals surface area (Å²) >= 11 is 6.01. The van der Waals surface area contributed by atoms with Gasteiger partial charge in [-0.3, -0.25) is 28.9 Å². The van der Waals surface area contributed by atoms with Crippen LogP contribution < -0.4 is 36.5 Å². The maximum atomic E-state index is 14.0. The van der Waals surface area contributed by atoms with E-state index in [0.29, 0.717) is 154 Å². The standard InChI is InChI=1S/C68H95ClIN11O11/c1-3-92-59-44-56(87-2)19-16-53(59)45-72-46-61(83)81-27-8-13-54(47-81)51-11-7-12-52(43-51)65(84)77-62(50-9-5-4-6-10-50)66(85)74-26-36-89-38-40-91-42-41-90-39-37-88-35-22-60(82)79-33-31-78(32-34-79)28-21-58(49-14-17-55(69)18-15-49)76-67(86)68(71)23-29-80(30-24-68)64-57-20-25-73-63(57)70-48-75-64/h7,11-12,14-20,25,43-44,48,50,54,58,62,72-73H,3-6,8-10,13,21-24,26-42,45-47,71H2,1-2H3,(H,74,85)(H,76,86)(H,77,84)/t54?,58-,62-/m0/s1. The van der Waals surface area contributed by atoms with E-state index < -0.39 is 11.6 Å². The molecule has 5 aliphatic rings. The summed E-state index contributed by atoms with van der Waals surface area (Å²) in [6, 6.07) is 22.1. The summed E-state index contributed by atoms with van der Waals surface area (Å²) < 4.78 is 37.3. The third-order valence-electron chi connectivity index (χ3n) is 18.1. The topological polar surface area (TPSA) is 256 Å². The fraction of sp³-hybridized carbons (Fsp3) is 0.574. The molecule has 1 unspecified atom stereocenters. The summed E-state index contributed by atoms with van der Waals surface area (Å²) in [7, 11) is 1.62. The van der Waals surface area contributed by atoms with E-state index in [1.54, 1.807) is 13.2 Å². The van der Waals surface area contributed by atoms with Gasteiger partial charge in [0.1, 0.15) is 23.4 Å². The second-order valence-corrected chi connectivity index (χ2v) is 26.9. The first kappa shape index (κ1) is 70.3. The summed E-state index contributed by atoms with van der Waals surface area (Å²) in [6.45, 7) is 12.2. The van der Waals surface area contributed by atoms with Crippen LogP contribution in [0.3, 0.4) is 0 Å². The fourth-order valence-electron chi connectivity index (χ4n) is 12.7. The quantitative estimate of drug-likeness (QED) is 0.0224. The number of piperazine rings is 1. The number of carbonyl (C=O) groups excluding carboxylic acids is 5. The number of rotatable bonds is 33. The van der Waals surface area contributed by atoms with Crippen LogP contribution in [0.4, 0.5) is 0 Å². The molecule has 9 rings (SSSR count). The van der Waals surface area contributed by atoms with Crippen molar-refractivity contribution in [3.63, 3.8) is 0 Å². The summed E-state index contributed by atoms with van der Waals surface area (Å²) in [4.78, 5) is 84.6. The molecule has 4 aromatic rings. The van der Waals surface area contributed by atoms with Gasteiger partial charge in [0.15, 0.2) is 0 Å². The first-order chi connectivity index (χ1) is 44.9. The Kier molecular flexibility index (Phi) is 28.0. The number of amides is 5. The Morgan fingerprint density at radius 2 is 1.51 bits per heavy atom. The number of ether oxygens (including phenoxy) is 6. The molecule has 5 amide bonds. The molecule has 0 spiro atoms. The number of H-pyrrole nitrogens is 1. The number of aliphatic imine (C=N–C) groups is 1. The van der Waals surface area contributed by atoms with Gasteiger partial charge in [-0.15, -0.1) is 0 Å². The number of aromatic nitrogens is 1. The van der Waals surface area contributed by atoms with Crippen molar-refractivity contribution in [2.75, 3.05) is 139 Å². The highest BCUT2D eigenvalue weighted by molar-refractivity contribution is 14.2. The molecule has 24 heteroatoms. The van der Waals surface area contributed by atoms with Crippen molar-refractivity contribution in [1.82, 2.24) is 45.9 Å². The number of piperidine rings is 2. The molecule has 4 aliphatic heterocycles. The first-order valence-corrected chi connectivity index (χ1v) is 35.7. The van der Waals surface area contributed by atoms with Crippen molar-refractivity contribution < 1.29 is 52.4 Å². The highest BCUT2D eigenvalue weighted by Gasteiger charge is 2.40. The number of carbonyl (C=O) groups is 5. The van der Waals surface area contributed by atoms with Crippen molar-refractivity contribution in [2.24, 2.45) is 16.6 Å². The lowest BCUT2D eigenvalue weighted by Crippen LogP contribution is -2.60. The van der Waals surface area contributed by atoms with Crippen molar-refractivity contribution >= 4 is 71.8 Å². The van der Waals surface area contributed by atoms with Crippen LogP contribution in [0, 0.1) is 9.62 Å². The van der Waals surface area contributed by atoms with Crippen LogP contribution in [-0.4, -0.2) is 214 Å². The molecule has 1 aromatic heterocycles. The number of nitrogens with one attached hydrogen (secondary N) is 5. The van der Waals surface area contributed by atoms with Gasteiger partial charge in [0, 0.05) is 112 Å². The van der Waals surface area contributed by atoms with E-state index in [4.69, 9.17) is 50.7 Å². The Hall–Kier alpha value is -6.03. The van der Waals surface area contributed by atoms with Gasteiger partial charge in [0.2, 0.25) is 23.6 Å². The molecule has 3 saturated heterocycles. The highest BCUT2D eigenvalue weighted by Crippen LogP contribution is 2.32. The number of halogens is 2. The molecular formula is C68H95ClIN11O11. The minimum atomic E-state index is -0.997. The minimum absolute atomic E-state index is 0.0265. The van der Waals surface area contributed by atoms with E-state index in [0.717, 1.165) is 98.4 Å². The Balaban J connectivity index is 0.593. The van der Waals surface area contributed by atoms with Gasteiger partial charge in [0.05, 0.1) is 99.0 Å². The number of hydrogen-bond donors (Lipinski definition) is 6. The van der Waals surface area contributed by atoms with Crippen molar-refractivity contribution in [3.05, 3.63) is 116 Å². The number of hydrogen-bond acceptors (Lipinski definition) is 16. The molecule has 5 heterocycles. The van der Waals surface area contributed by atoms with E-state index in [1.807, 2.05) is 87.7 Å². The maximum Gasteiger partial charge on any atom is 0.251 e. The second-order valence-electron chi connectivity index (χ2n) is 24.3. The number of benzene rings is 3. The van der Waals surface area contributed by atoms with Gasteiger partial charge in [-0.25, -0.2) is 4.99 Å². The molecule has 4 fully saturated rings. The lowest BCUT2D eigenvalue weighted by atomic mass is 9.83. The Labute approximate surface area is 556 Å². The molecule has 1 saturated carbocycles. The van der Waals surface area contributed by atoms with Crippen molar-refractivity contribution in [3.8, 4) is 11.5 Å². The summed E-state index contributed by atoms with van der Waals surface area (Å²) in [5.41, 5.74) is 10.5. The molecule has 0 bridgehead atoms. The van der Waals surface area contributed by atoms with Crippen LogP contribution in [0.5, 0.6) is 11.5 Å². The predicted molar refractivity (Wildman–Crippen MR) is 363 cm³/mol. The zero-order chi connectivity index (χ0) is 64.5. The molecule has 92 heavy (non-hydrogen) atoms. The van der Waals surface area contributed by atoms with Gasteiger partial charge >= 0.3 is 0 Å². The van der Waals surface area contributed by atoms with Crippen LogP contribution in [0.2, 0.25) is 5.02 Å². The molecule has 22 nitrogen and oxygen atoms in total. The van der Waals surface area contributed by atoms with Crippen molar-refractivity contribution in [2.45, 2.75) is 108 Å². The summed E-state index contributed by atoms with van der Waals surface area (Å²) in [5.74, 6) is 1.95. The van der Waals surface area contributed by atoms with Crippen LogP contribution in [0.15, 0.2) is 84.0 Å². The monoisotopic (exact) mass is 1400 g/mol. The van der Waals surface area contributed by atoms with Crippen molar-refractivity contribution in [1.29, 1.82) is 0 Å². The van der Waals surface area contributed by atoms with Crippen LogP contribution >= 0.6 is 32.3 Å². The van der Waals surface area contributed by atoms with E-state index in [-0.39, 0.29) is 74.7 Å². The van der Waals surface area contributed by atoms with Gasteiger partial charge < -0.3 is 75.1 Å². The van der Waals surface area contributed by atoms with Gasteiger partial charge in [-0.05, 0) is 126 Å². The lowest BCUT2D eigenvalue weighted by molar-refractivity contribution is -0.134. The second kappa shape index (κ2) is 36.6. The number of likely N-dealkylation sites (tertiary alicyclic amines) is 2. The van der Waals surface area contributed by atoms with Crippen LogP contribution in [0.1, 0.15) is 122 Å². The van der Waals surface area contributed by atoms with Gasteiger partial charge in [0.25, 0.3) is 5.91 Å². The molecule has 502 valence electrons. The number of nitrogens with zero attached hydrogens (tertiary/aromatic N) is 5. The normalized spacial score (nSPS) is 18.4. The molecule has 7 N–H and O–H groups in total. The minimum Gasteiger partial charge on any atom is -0.497 e. The van der Waals surface area contributed by atoms with Crippen LogP contribution in [-0.2, 0) is 44.7 Å². The first-order valence-electron chi connectivity index (χ1n) is 33.0. The molecule has 1 aliphatic carbocycles. The van der Waals surface area contributed by atoms with E-state index in [1.165, 1.54) is 3.70 Å². The average Bonchev–Trinajstić information content (AvgIpc) is 1.55. The van der Waals surface area contributed by atoms with Gasteiger partial charge in [-0.1, -0.05) is 61.2 Å². The zero-order valence-corrected chi connectivity index (χ0v) is 56.5. The largest absolute Gasteiger partial charge is 0.497 e. The maximum absolute atomic E-state index is 14.0. The van der Waals surface area contributed by atoms with Gasteiger partial charge in [-0.2, -0.15) is 0 Å². The van der Waals surface area contributed by atoms with Crippen LogP contribution in [0.25, 0.3) is 0 Å². The lowest BCUT2D eigenvalue weighted by Gasteiger charge is -2.40. The Morgan fingerprint density at radius 1 is 0.783 bits per heavy atom. The molecular weight excluding hydrogens is 1310 g/mol. The number of methoxy groups -OCH3 is 1. The molecule has 3 aromatic carbocycles. The third kappa shape index (κ3) is 20.7. The zero-order valence-electron chi connectivity index (χ0n) is 53.6. The Bertz CT molecular complexity index is 3080. The predicted octanol–water partition coefficient (Wildman–Crippen LogP) is 6.37. The number of amidine groups is 1. The smallest absolute Gasteiger partial charge is 0.251 e. The van der Waals surface area contributed by atoms with E-state index in [9.17, 15) is 24.0 Å². The van der Waals surface area contributed by atoms with E-state index in [2.05, 4.69) is 42.1 Å². The van der Waals surface area contributed by atoms with E-state index >= 15 is 0 Å². The Morgan fingerprint density at radius 3 is 2.24 bits per heavy atom. The average molecular weight is 1400 g/mol. The molecule has 3 atom stereocenters. The fourth-order valence-corrected chi connectivity index (χ4v) is 14.6. The molecule has 0 radical (unpaired) electrons. The number of aromatic amines is 1. The third-order valence-corrected chi connectivity index (χ3v) is 20.4. The number of fused-ring (bicyclic) bond motifs is 1. The highest BCUT2D eigenvalue weighted by atomic mass is 127. The SMILES string of the molecule is CCOc1cc(OC)ccc1CNCC(=O)N1CCCC(c2cccc(C(=O)N[C@H](C(=O)NCCOCCOCCOCCOCCC(=O)N3CCN(CC[C@H](NC(=O)C4(N)CCN(C5=NC=Ic6[nH]ccc65)CC4)c4ccc(Cl)cc4)CC3)C3CCCCC3)c2)C1. The number of nitrogens with two attached hydrogens (primary N) is 1. The summed E-state index contributed by atoms with van der Waals surface area (Å²) in [6.07, 6.45) is 10.6.